The SMILES string of the molecule is CC(=O)NCCNc1nc(C2CCCC2)nc2c1cnn2C. The van der Waals surface area contributed by atoms with Crippen molar-refractivity contribution in [1.82, 2.24) is 25.1 Å². The summed E-state index contributed by atoms with van der Waals surface area (Å²) in [5, 5.41) is 11.3. The van der Waals surface area contributed by atoms with Crippen LogP contribution in [0.2, 0.25) is 0 Å². The normalized spacial score (nSPS) is 15.4. The van der Waals surface area contributed by atoms with Crippen LogP contribution >= 0.6 is 0 Å². The maximum Gasteiger partial charge on any atom is 0.216 e. The molecule has 0 saturated heterocycles. The summed E-state index contributed by atoms with van der Waals surface area (Å²) in [6.45, 7) is 2.72. The molecule has 22 heavy (non-hydrogen) atoms. The number of carbonyl (C=O) groups excluding carboxylic acids is 1. The maximum atomic E-state index is 10.9. The van der Waals surface area contributed by atoms with E-state index in [1.54, 1.807) is 10.9 Å². The number of amides is 1. The first kappa shape index (κ1) is 14.7. The van der Waals surface area contributed by atoms with E-state index < -0.39 is 0 Å². The van der Waals surface area contributed by atoms with Crippen LogP contribution in [0.15, 0.2) is 6.20 Å². The van der Waals surface area contributed by atoms with Crippen LogP contribution in [0.1, 0.15) is 44.3 Å². The molecule has 0 unspecified atom stereocenters. The number of nitrogens with zero attached hydrogens (tertiary/aromatic N) is 4. The van der Waals surface area contributed by atoms with Gasteiger partial charge in [-0.2, -0.15) is 5.10 Å². The highest BCUT2D eigenvalue weighted by atomic mass is 16.1. The molecule has 1 fully saturated rings. The van der Waals surface area contributed by atoms with E-state index in [2.05, 4.69) is 15.7 Å². The summed E-state index contributed by atoms with van der Waals surface area (Å²) >= 11 is 0. The Bertz CT molecular complexity index is 674. The molecule has 0 aliphatic heterocycles. The Balaban J connectivity index is 1.84. The van der Waals surface area contributed by atoms with Gasteiger partial charge in [0.1, 0.15) is 11.6 Å². The number of fused-ring (bicyclic) bond motifs is 1. The number of rotatable bonds is 5. The summed E-state index contributed by atoms with van der Waals surface area (Å²) in [5.41, 5.74) is 0.860. The first-order valence-electron chi connectivity index (χ1n) is 7.83. The van der Waals surface area contributed by atoms with Gasteiger partial charge in [-0.25, -0.2) is 9.97 Å². The van der Waals surface area contributed by atoms with Crippen molar-refractivity contribution >= 4 is 22.8 Å². The van der Waals surface area contributed by atoms with Gasteiger partial charge >= 0.3 is 0 Å². The van der Waals surface area contributed by atoms with E-state index in [1.165, 1.54) is 19.8 Å². The molecule has 0 aromatic carbocycles. The second-order valence-electron chi connectivity index (χ2n) is 5.83. The molecule has 1 amide bonds. The molecular weight excluding hydrogens is 280 g/mol. The molecule has 1 aliphatic rings. The van der Waals surface area contributed by atoms with Gasteiger partial charge in [-0.05, 0) is 12.8 Å². The highest BCUT2D eigenvalue weighted by molar-refractivity contribution is 5.86. The summed E-state index contributed by atoms with van der Waals surface area (Å²) in [5.74, 6) is 2.15. The molecule has 0 atom stereocenters. The topological polar surface area (TPSA) is 84.7 Å². The van der Waals surface area contributed by atoms with Gasteiger partial charge in [0, 0.05) is 33.0 Å². The van der Waals surface area contributed by atoms with Crippen LogP contribution in [0.4, 0.5) is 5.82 Å². The highest BCUT2D eigenvalue weighted by Crippen LogP contribution is 2.33. The second kappa shape index (κ2) is 6.29. The van der Waals surface area contributed by atoms with Gasteiger partial charge in [-0.3, -0.25) is 9.48 Å². The third kappa shape index (κ3) is 3.03. The zero-order valence-corrected chi connectivity index (χ0v) is 13.1. The van der Waals surface area contributed by atoms with Crippen LogP contribution in [0.5, 0.6) is 0 Å². The lowest BCUT2D eigenvalue weighted by Gasteiger charge is -2.12. The van der Waals surface area contributed by atoms with Crippen molar-refractivity contribution in [2.45, 2.75) is 38.5 Å². The van der Waals surface area contributed by atoms with Gasteiger partial charge in [0.2, 0.25) is 5.91 Å². The lowest BCUT2D eigenvalue weighted by atomic mass is 10.1. The average Bonchev–Trinajstić information content (AvgIpc) is 3.14. The largest absolute Gasteiger partial charge is 0.368 e. The minimum atomic E-state index is -0.0253. The summed E-state index contributed by atoms with van der Waals surface area (Å²) in [6, 6.07) is 0. The van der Waals surface area contributed by atoms with Crippen molar-refractivity contribution in [3.63, 3.8) is 0 Å². The molecule has 0 bridgehead atoms. The molecule has 3 rings (SSSR count). The fourth-order valence-electron chi connectivity index (χ4n) is 2.96. The number of anilines is 1. The molecule has 2 aromatic rings. The number of carbonyl (C=O) groups is 1. The molecular formula is C15H22N6O. The van der Waals surface area contributed by atoms with Crippen LogP contribution in [0, 0.1) is 0 Å². The summed E-state index contributed by atoms with van der Waals surface area (Å²) in [4.78, 5) is 20.4. The summed E-state index contributed by atoms with van der Waals surface area (Å²) in [7, 11) is 1.90. The molecule has 2 heterocycles. The lowest BCUT2D eigenvalue weighted by Crippen LogP contribution is -2.26. The van der Waals surface area contributed by atoms with Crippen molar-refractivity contribution in [2.75, 3.05) is 18.4 Å². The Morgan fingerprint density at radius 3 is 2.82 bits per heavy atom. The van der Waals surface area contributed by atoms with E-state index >= 15 is 0 Å². The highest BCUT2D eigenvalue weighted by Gasteiger charge is 2.22. The van der Waals surface area contributed by atoms with Crippen LogP contribution < -0.4 is 10.6 Å². The van der Waals surface area contributed by atoms with Crippen molar-refractivity contribution in [2.24, 2.45) is 7.05 Å². The molecule has 1 saturated carbocycles. The summed E-state index contributed by atoms with van der Waals surface area (Å²) < 4.78 is 1.79. The zero-order valence-electron chi connectivity index (χ0n) is 13.1. The minimum Gasteiger partial charge on any atom is -0.368 e. The molecule has 2 N–H and O–H groups in total. The molecule has 2 aromatic heterocycles. The molecule has 7 heteroatoms. The lowest BCUT2D eigenvalue weighted by molar-refractivity contribution is -0.118. The first-order valence-corrected chi connectivity index (χ1v) is 7.83. The predicted octanol–water partition coefficient (Wildman–Crippen LogP) is 1.57. The van der Waals surface area contributed by atoms with E-state index in [0.717, 1.165) is 35.5 Å². The van der Waals surface area contributed by atoms with Crippen LogP contribution in [0.25, 0.3) is 11.0 Å². The molecule has 0 radical (unpaired) electrons. The zero-order chi connectivity index (χ0) is 15.5. The van der Waals surface area contributed by atoms with E-state index in [0.29, 0.717) is 19.0 Å². The summed E-state index contributed by atoms with van der Waals surface area (Å²) in [6.07, 6.45) is 6.61. The number of aromatic nitrogens is 4. The Morgan fingerprint density at radius 1 is 1.32 bits per heavy atom. The van der Waals surface area contributed by atoms with Crippen molar-refractivity contribution in [3.8, 4) is 0 Å². The number of hydrogen-bond acceptors (Lipinski definition) is 5. The number of aryl methyl sites for hydroxylation is 1. The van der Waals surface area contributed by atoms with Gasteiger partial charge in [0.25, 0.3) is 0 Å². The molecule has 1 aliphatic carbocycles. The quantitative estimate of drug-likeness (QED) is 0.819. The van der Waals surface area contributed by atoms with Gasteiger partial charge in [0.15, 0.2) is 5.65 Å². The Kier molecular flexibility index (Phi) is 4.22. The predicted molar refractivity (Wildman–Crippen MR) is 84.7 cm³/mol. The Hall–Kier alpha value is -2.18. The van der Waals surface area contributed by atoms with Gasteiger partial charge < -0.3 is 10.6 Å². The third-order valence-corrected chi connectivity index (χ3v) is 4.12. The van der Waals surface area contributed by atoms with E-state index in [1.807, 2.05) is 7.05 Å². The van der Waals surface area contributed by atoms with Gasteiger partial charge in [-0.1, -0.05) is 12.8 Å². The second-order valence-corrected chi connectivity index (χ2v) is 5.83. The number of hydrogen-bond donors (Lipinski definition) is 2. The monoisotopic (exact) mass is 302 g/mol. The Labute approximate surface area is 129 Å². The Morgan fingerprint density at radius 2 is 2.09 bits per heavy atom. The third-order valence-electron chi connectivity index (χ3n) is 4.12. The molecule has 0 spiro atoms. The molecule has 118 valence electrons. The van der Waals surface area contributed by atoms with Crippen LogP contribution in [0.3, 0.4) is 0 Å². The van der Waals surface area contributed by atoms with E-state index in [4.69, 9.17) is 9.97 Å². The van der Waals surface area contributed by atoms with Crippen molar-refractivity contribution in [3.05, 3.63) is 12.0 Å². The smallest absolute Gasteiger partial charge is 0.216 e. The van der Waals surface area contributed by atoms with Crippen molar-refractivity contribution < 1.29 is 4.79 Å². The maximum absolute atomic E-state index is 10.9. The number of nitrogens with one attached hydrogen (secondary N) is 2. The minimum absolute atomic E-state index is 0.0253. The standard InChI is InChI=1S/C15H22N6O/c1-10(22)16-7-8-17-14-12-9-18-21(2)15(12)20-13(19-14)11-5-3-4-6-11/h9,11H,3-8H2,1-2H3,(H,16,22)(H,17,19,20). The fraction of sp³-hybridized carbons (Fsp3) is 0.600. The fourth-order valence-corrected chi connectivity index (χ4v) is 2.96. The van der Waals surface area contributed by atoms with Crippen LogP contribution in [-0.4, -0.2) is 38.7 Å². The van der Waals surface area contributed by atoms with Gasteiger partial charge in [-0.15, -0.1) is 0 Å². The van der Waals surface area contributed by atoms with E-state index in [-0.39, 0.29) is 5.91 Å². The first-order chi connectivity index (χ1) is 10.6. The van der Waals surface area contributed by atoms with Crippen LogP contribution in [-0.2, 0) is 11.8 Å². The molecule has 7 nitrogen and oxygen atoms in total. The van der Waals surface area contributed by atoms with Crippen molar-refractivity contribution in [1.29, 1.82) is 0 Å². The van der Waals surface area contributed by atoms with Gasteiger partial charge in [0.05, 0.1) is 11.6 Å². The van der Waals surface area contributed by atoms with E-state index in [9.17, 15) is 4.79 Å². The average molecular weight is 302 g/mol.